The van der Waals surface area contributed by atoms with Crippen LogP contribution in [0.1, 0.15) is 22.3 Å². The van der Waals surface area contributed by atoms with Gasteiger partial charge in [-0.3, -0.25) is 0 Å². The summed E-state index contributed by atoms with van der Waals surface area (Å²) in [4.78, 5) is 2.52. The molecule has 13 aromatic rings. The Labute approximate surface area is 407 Å². The third-order valence-electron chi connectivity index (χ3n) is 14.9. The third-order valence-corrected chi connectivity index (χ3v) is 14.9. The van der Waals surface area contributed by atoms with Gasteiger partial charge in [-0.2, -0.15) is 0 Å². The second kappa shape index (κ2) is 16.4. The average Bonchev–Trinajstić information content (AvgIpc) is 3.77. The summed E-state index contributed by atoms with van der Waals surface area (Å²) < 4.78 is 2.38. The molecule has 1 aromatic heterocycles. The van der Waals surface area contributed by atoms with Gasteiger partial charge in [-0.1, -0.05) is 200 Å². The highest BCUT2D eigenvalue weighted by Crippen LogP contribution is 2.46. The average molecular weight is 891 g/mol. The fraction of sp³-hybridized carbons (Fsp3) is 0.0294. The van der Waals surface area contributed by atoms with Crippen LogP contribution in [0, 0.1) is 0 Å². The van der Waals surface area contributed by atoms with Gasteiger partial charge < -0.3 is 9.47 Å². The highest BCUT2D eigenvalue weighted by molar-refractivity contribution is 6.26. The van der Waals surface area contributed by atoms with Crippen molar-refractivity contribution in [2.45, 2.75) is 12.8 Å². The lowest BCUT2D eigenvalue weighted by atomic mass is 9.83. The van der Waals surface area contributed by atoms with E-state index in [9.17, 15) is 0 Å². The van der Waals surface area contributed by atoms with E-state index < -0.39 is 0 Å². The van der Waals surface area contributed by atoms with Crippen molar-refractivity contribution in [3.8, 4) is 39.1 Å². The van der Waals surface area contributed by atoms with Crippen molar-refractivity contribution in [1.29, 1.82) is 0 Å². The number of rotatable bonds is 5. The molecule has 70 heavy (non-hydrogen) atoms. The van der Waals surface area contributed by atoms with Crippen LogP contribution in [0.5, 0.6) is 0 Å². The van der Waals surface area contributed by atoms with Gasteiger partial charge in [0.05, 0.1) is 16.7 Å². The fourth-order valence-corrected chi connectivity index (χ4v) is 11.7. The molecule has 1 heterocycles. The standard InChI is InChI=1S/C68H46N2/c1-4-19-53-47(16-1)42-48-17-2-6-21-55(48)56-28-15-31-68(65(56)43-49-18-3-5-20-54(49)53)69(52-40-41-61-59-24-8-7-22-57(59)58-23-9-10-25-60(58)64(61)44-52)50-36-32-45(33-37-50)46-34-38-51(39-35-46)70-66-29-13-11-26-62(66)63-27-12-14-30-67(63)70/h1-41,44H,42-43H2. The summed E-state index contributed by atoms with van der Waals surface area (Å²) in [6.45, 7) is 0. The van der Waals surface area contributed by atoms with E-state index in [1.54, 1.807) is 0 Å². The fourth-order valence-electron chi connectivity index (χ4n) is 11.7. The van der Waals surface area contributed by atoms with Crippen LogP contribution in [0.4, 0.5) is 17.1 Å². The van der Waals surface area contributed by atoms with Crippen LogP contribution in [0.3, 0.4) is 0 Å². The van der Waals surface area contributed by atoms with Gasteiger partial charge in [-0.25, -0.2) is 0 Å². The number of para-hydroxylation sites is 2. The summed E-state index contributed by atoms with van der Waals surface area (Å²) in [7, 11) is 0. The predicted molar refractivity (Wildman–Crippen MR) is 296 cm³/mol. The van der Waals surface area contributed by atoms with Gasteiger partial charge in [-0.05, 0) is 149 Å². The molecule has 0 amide bonds. The first kappa shape index (κ1) is 40.1. The van der Waals surface area contributed by atoms with E-state index in [2.05, 4.69) is 264 Å². The molecule has 1 aliphatic carbocycles. The lowest BCUT2D eigenvalue weighted by molar-refractivity contribution is 1.13. The van der Waals surface area contributed by atoms with Gasteiger partial charge in [0, 0.05) is 34.3 Å². The molecule has 0 spiro atoms. The molecule has 2 nitrogen and oxygen atoms in total. The summed E-state index contributed by atoms with van der Waals surface area (Å²) in [5.41, 5.74) is 19.8. The van der Waals surface area contributed by atoms with Crippen molar-refractivity contribution in [1.82, 2.24) is 4.57 Å². The minimum atomic E-state index is 0.762. The summed E-state index contributed by atoms with van der Waals surface area (Å²) in [6, 6.07) is 94.6. The van der Waals surface area contributed by atoms with Gasteiger partial charge in [-0.15, -0.1) is 0 Å². The van der Waals surface area contributed by atoms with Crippen molar-refractivity contribution >= 4 is 71.2 Å². The third kappa shape index (κ3) is 6.49. The minimum Gasteiger partial charge on any atom is -0.310 e. The summed E-state index contributed by atoms with van der Waals surface area (Å²) in [5, 5.41) is 10.1. The maximum Gasteiger partial charge on any atom is 0.0541 e. The van der Waals surface area contributed by atoms with Crippen molar-refractivity contribution in [2.24, 2.45) is 0 Å². The Morgan fingerprint density at radius 2 is 0.700 bits per heavy atom. The molecule has 0 saturated carbocycles. The molecule has 0 fully saturated rings. The summed E-state index contributed by atoms with van der Waals surface area (Å²) in [6.07, 6.45) is 1.61. The molecule has 0 N–H and O–H groups in total. The minimum absolute atomic E-state index is 0.762. The highest BCUT2D eigenvalue weighted by Gasteiger charge is 2.24. The first-order chi connectivity index (χ1) is 34.7. The summed E-state index contributed by atoms with van der Waals surface area (Å²) >= 11 is 0. The van der Waals surface area contributed by atoms with Crippen molar-refractivity contribution in [2.75, 3.05) is 4.90 Å². The van der Waals surface area contributed by atoms with Crippen LogP contribution in [-0.2, 0) is 12.8 Å². The van der Waals surface area contributed by atoms with Gasteiger partial charge >= 0.3 is 0 Å². The number of aromatic nitrogens is 1. The Balaban J connectivity index is 0.956. The Kier molecular flexibility index (Phi) is 9.38. The number of nitrogens with zero attached hydrogens (tertiary/aromatic N) is 2. The van der Waals surface area contributed by atoms with E-state index in [4.69, 9.17) is 0 Å². The zero-order valence-corrected chi connectivity index (χ0v) is 38.6. The Bertz CT molecular complexity index is 4090. The van der Waals surface area contributed by atoms with E-state index in [-0.39, 0.29) is 0 Å². The maximum atomic E-state index is 2.52. The lowest BCUT2D eigenvalue weighted by Crippen LogP contribution is -2.14. The number of benzene rings is 12. The molecule has 1 aliphatic rings. The van der Waals surface area contributed by atoms with Gasteiger partial charge in [0.1, 0.15) is 0 Å². The Morgan fingerprint density at radius 3 is 1.27 bits per heavy atom. The van der Waals surface area contributed by atoms with Crippen LogP contribution in [0.15, 0.2) is 255 Å². The van der Waals surface area contributed by atoms with Crippen LogP contribution in [0.2, 0.25) is 0 Å². The monoisotopic (exact) mass is 890 g/mol. The van der Waals surface area contributed by atoms with Crippen molar-refractivity contribution < 1.29 is 0 Å². The second-order valence-corrected chi connectivity index (χ2v) is 18.7. The van der Waals surface area contributed by atoms with Gasteiger partial charge in [0.15, 0.2) is 0 Å². The van der Waals surface area contributed by atoms with Crippen LogP contribution in [-0.4, -0.2) is 4.57 Å². The zero-order chi connectivity index (χ0) is 46.1. The van der Waals surface area contributed by atoms with Crippen molar-refractivity contribution in [3.63, 3.8) is 0 Å². The normalized spacial score (nSPS) is 12.2. The maximum absolute atomic E-state index is 2.52. The molecule has 2 heteroatoms. The number of fused-ring (bicyclic) bond motifs is 15. The molecular formula is C68H46N2. The molecule has 0 atom stereocenters. The molecule has 328 valence electrons. The molecule has 0 unspecified atom stereocenters. The summed E-state index contributed by atoms with van der Waals surface area (Å²) in [5.74, 6) is 0. The van der Waals surface area contributed by atoms with E-state index in [1.807, 2.05) is 0 Å². The lowest BCUT2D eigenvalue weighted by Gasteiger charge is -2.31. The quantitative estimate of drug-likeness (QED) is 0.156. The predicted octanol–water partition coefficient (Wildman–Crippen LogP) is 18.2. The van der Waals surface area contributed by atoms with Crippen LogP contribution < -0.4 is 4.90 Å². The molecule has 14 rings (SSSR count). The molecule has 12 aromatic carbocycles. The number of anilines is 3. The smallest absolute Gasteiger partial charge is 0.0541 e. The topological polar surface area (TPSA) is 8.17 Å². The molecular weight excluding hydrogens is 845 g/mol. The van der Waals surface area contributed by atoms with Crippen molar-refractivity contribution in [3.05, 3.63) is 277 Å². The van der Waals surface area contributed by atoms with E-state index in [0.29, 0.717) is 0 Å². The Hall–Kier alpha value is -8.98. The van der Waals surface area contributed by atoms with E-state index in [1.165, 1.54) is 115 Å². The zero-order valence-electron chi connectivity index (χ0n) is 38.6. The molecule has 0 saturated heterocycles. The molecule has 0 aliphatic heterocycles. The largest absolute Gasteiger partial charge is 0.310 e. The molecule has 0 radical (unpaired) electrons. The highest BCUT2D eigenvalue weighted by atomic mass is 15.1. The van der Waals surface area contributed by atoms with E-state index in [0.717, 1.165) is 29.9 Å². The Morgan fingerprint density at radius 1 is 0.286 bits per heavy atom. The first-order valence-corrected chi connectivity index (χ1v) is 24.4. The van der Waals surface area contributed by atoms with Gasteiger partial charge in [0.2, 0.25) is 0 Å². The molecule has 0 bridgehead atoms. The first-order valence-electron chi connectivity index (χ1n) is 24.4. The van der Waals surface area contributed by atoms with Gasteiger partial charge in [0.25, 0.3) is 0 Å². The van der Waals surface area contributed by atoms with Crippen LogP contribution in [0.25, 0.3) is 93.2 Å². The van der Waals surface area contributed by atoms with E-state index >= 15 is 0 Å². The van der Waals surface area contributed by atoms with Crippen LogP contribution >= 0.6 is 0 Å². The number of hydrogen-bond donors (Lipinski definition) is 0. The second-order valence-electron chi connectivity index (χ2n) is 18.7. The SMILES string of the molecule is c1ccc2c(c1)Cc1ccccc1-c1cccc(N(c3ccc(-c4ccc(-n5c6ccccc6c6ccccc65)cc4)cc3)c3ccc4c5ccccc5c5ccccc5c4c3)c1Cc1ccccc1-2. The number of hydrogen-bond acceptors (Lipinski definition) is 1.